The average Bonchev–Trinajstić information content (AvgIpc) is 2.48. The summed E-state index contributed by atoms with van der Waals surface area (Å²) in [5.41, 5.74) is 1.87. The molecule has 0 bridgehead atoms. The lowest BCUT2D eigenvalue weighted by Crippen LogP contribution is -2.16. The minimum atomic E-state index is -4.06. The van der Waals surface area contributed by atoms with Gasteiger partial charge in [-0.1, -0.05) is 6.07 Å². The molecule has 0 amide bonds. The van der Waals surface area contributed by atoms with E-state index >= 15 is 0 Å². The fraction of sp³-hybridized carbons (Fsp3) is 0.200. The van der Waals surface area contributed by atoms with Crippen LogP contribution < -0.4 is 14.6 Å². The first-order chi connectivity index (χ1) is 11.0. The van der Waals surface area contributed by atoms with Crippen molar-refractivity contribution in [3.63, 3.8) is 0 Å². The largest absolute Gasteiger partial charge is 0.495 e. The first-order valence-electron chi connectivity index (χ1n) is 6.85. The molecular weight excluding hydrogens is 352 g/mol. The van der Waals surface area contributed by atoms with E-state index in [-0.39, 0.29) is 21.2 Å². The molecule has 0 aliphatic rings. The summed E-state index contributed by atoms with van der Waals surface area (Å²) in [6.07, 6.45) is 0. The highest BCUT2D eigenvalue weighted by Crippen LogP contribution is 2.27. The Balaban J connectivity index is 2.45. The third-order valence-corrected chi connectivity index (χ3v) is 5.82. The summed E-state index contributed by atoms with van der Waals surface area (Å²) in [5, 5.41) is 5.13. The van der Waals surface area contributed by atoms with Crippen molar-refractivity contribution < 1.29 is 21.6 Å². The second kappa shape index (κ2) is 6.42. The van der Waals surface area contributed by atoms with Gasteiger partial charge < -0.3 is 4.74 Å². The summed E-state index contributed by atoms with van der Waals surface area (Å²) in [7, 11) is -6.63. The van der Waals surface area contributed by atoms with Crippen molar-refractivity contribution >= 4 is 25.7 Å². The van der Waals surface area contributed by atoms with E-state index < -0.39 is 20.0 Å². The molecule has 130 valence electrons. The van der Waals surface area contributed by atoms with Crippen LogP contribution >= 0.6 is 0 Å². The van der Waals surface area contributed by atoms with Crippen molar-refractivity contribution in [3.05, 3.63) is 47.5 Å². The Kier molecular flexibility index (Phi) is 4.88. The molecule has 0 fully saturated rings. The molecular formula is C15H18N2O5S2. The Bertz CT molecular complexity index is 983. The average molecular weight is 370 g/mol. The van der Waals surface area contributed by atoms with Gasteiger partial charge in [-0.3, -0.25) is 4.72 Å². The molecule has 0 aromatic heterocycles. The van der Waals surface area contributed by atoms with Crippen LogP contribution in [0.1, 0.15) is 11.1 Å². The topological polar surface area (TPSA) is 116 Å². The minimum Gasteiger partial charge on any atom is -0.495 e. The Morgan fingerprint density at radius 3 is 2.17 bits per heavy atom. The van der Waals surface area contributed by atoms with Crippen LogP contribution in [0.3, 0.4) is 0 Å². The van der Waals surface area contributed by atoms with Gasteiger partial charge in [-0.05, 0) is 55.3 Å². The number of primary sulfonamides is 1. The SMILES string of the molecule is COc1ccc(NS(=O)(=O)c2ccc(C)c(C)c2)cc1S(N)(=O)=O. The number of hydrogen-bond acceptors (Lipinski definition) is 5. The van der Waals surface area contributed by atoms with Crippen LogP contribution in [0, 0.1) is 13.8 Å². The van der Waals surface area contributed by atoms with Gasteiger partial charge in [0.2, 0.25) is 10.0 Å². The molecule has 0 saturated heterocycles. The highest BCUT2D eigenvalue weighted by Gasteiger charge is 2.19. The fourth-order valence-corrected chi connectivity index (χ4v) is 3.91. The van der Waals surface area contributed by atoms with E-state index in [1.54, 1.807) is 19.1 Å². The van der Waals surface area contributed by atoms with Crippen LogP contribution in [0.5, 0.6) is 5.75 Å². The maximum Gasteiger partial charge on any atom is 0.261 e. The Hall–Kier alpha value is -2.10. The molecule has 3 N–H and O–H groups in total. The first kappa shape index (κ1) is 18.2. The van der Waals surface area contributed by atoms with Gasteiger partial charge >= 0.3 is 0 Å². The van der Waals surface area contributed by atoms with Crippen LogP contribution in [-0.4, -0.2) is 23.9 Å². The monoisotopic (exact) mass is 370 g/mol. The lowest BCUT2D eigenvalue weighted by Gasteiger charge is -2.12. The van der Waals surface area contributed by atoms with Crippen LogP contribution in [0.4, 0.5) is 5.69 Å². The van der Waals surface area contributed by atoms with E-state index in [9.17, 15) is 16.8 Å². The maximum absolute atomic E-state index is 12.5. The molecule has 2 rings (SSSR count). The quantitative estimate of drug-likeness (QED) is 0.832. The molecule has 2 aromatic carbocycles. The third kappa shape index (κ3) is 3.86. The highest BCUT2D eigenvalue weighted by molar-refractivity contribution is 7.92. The molecule has 0 unspecified atom stereocenters. The van der Waals surface area contributed by atoms with Gasteiger partial charge in [0.25, 0.3) is 10.0 Å². The van der Waals surface area contributed by atoms with Gasteiger partial charge in [0.1, 0.15) is 10.6 Å². The van der Waals surface area contributed by atoms with Crippen LogP contribution in [0.25, 0.3) is 0 Å². The minimum absolute atomic E-state index is 0.0339. The van der Waals surface area contributed by atoms with E-state index in [0.29, 0.717) is 0 Å². The van der Waals surface area contributed by atoms with E-state index in [4.69, 9.17) is 9.88 Å². The van der Waals surface area contributed by atoms with Crippen molar-refractivity contribution in [3.8, 4) is 5.75 Å². The van der Waals surface area contributed by atoms with Gasteiger partial charge in [0.05, 0.1) is 17.7 Å². The highest BCUT2D eigenvalue weighted by atomic mass is 32.2. The second-order valence-electron chi connectivity index (χ2n) is 5.26. The number of rotatable bonds is 5. The van der Waals surface area contributed by atoms with E-state index in [1.165, 1.54) is 25.3 Å². The normalized spacial score (nSPS) is 12.0. The summed E-state index contributed by atoms with van der Waals surface area (Å²) >= 11 is 0. The van der Waals surface area contributed by atoms with Crippen molar-refractivity contribution in [2.24, 2.45) is 5.14 Å². The summed E-state index contributed by atoms with van der Waals surface area (Å²) in [4.78, 5) is -0.219. The predicted molar refractivity (Wildman–Crippen MR) is 91.1 cm³/mol. The summed E-state index contributed by atoms with van der Waals surface area (Å²) in [6, 6.07) is 8.57. The molecule has 2 aromatic rings. The van der Waals surface area contributed by atoms with Crippen molar-refractivity contribution in [1.29, 1.82) is 0 Å². The van der Waals surface area contributed by atoms with E-state index in [2.05, 4.69) is 4.72 Å². The molecule has 7 nitrogen and oxygen atoms in total. The van der Waals surface area contributed by atoms with Gasteiger partial charge in [-0.2, -0.15) is 0 Å². The van der Waals surface area contributed by atoms with Crippen molar-refractivity contribution in [2.75, 3.05) is 11.8 Å². The molecule has 0 spiro atoms. The molecule has 0 atom stereocenters. The van der Waals surface area contributed by atoms with Gasteiger partial charge in [0.15, 0.2) is 0 Å². The van der Waals surface area contributed by atoms with Gasteiger partial charge in [0, 0.05) is 0 Å². The lowest BCUT2D eigenvalue weighted by molar-refractivity contribution is 0.403. The molecule has 0 aliphatic heterocycles. The molecule has 0 radical (unpaired) electrons. The smallest absolute Gasteiger partial charge is 0.261 e. The van der Waals surface area contributed by atoms with Gasteiger partial charge in [-0.15, -0.1) is 0 Å². The van der Waals surface area contributed by atoms with Gasteiger partial charge in [-0.25, -0.2) is 22.0 Å². The molecule has 24 heavy (non-hydrogen) atoms. The molecule has 0 saturated carbocycles. The van der Waals surface area contributed by atoms with Crippen molar-refractivity contribution in [2.45, 2.75) is 23.6 Å². The number of benzene rings is 2. The maximum atomic E-state index is 12.5. The second-order valence-corrected chi connectivity index (χ2v) is 8.47. The zero-order valence-electron chi connectivity index (χ0n) is 13.4. The third-order valence-electron chi connectivity index (χ3n) is 3.51. The fourth-order valence-electron chi connectivity index (χ4n) is 2.06. The molecule has 0 aliphatic carbocycles. The Morgan fingerprint density at radius 2 is 1.62 bits per heavy atom. The standard InChI is InChI=1S/C15H18N2O5S2/c1-10-4-6-13(8-11(10)2)24(20,21)17-12-5-7-14(22-3)15(9-12)23(16,18)19/h4-9,17H,1-3H3,(H2,16,18,19). The van der Waals surface area contributed by atoms with Crippen molar-refractivity contribution in [1.82, 2.24) is 0 Å². The van der Waals surface area contributed by atoms with Crippen LogP contribution in [0.2, 0.25) is 0 Å². The van der Waals surface area contributed by atoms with Crippen LogP contribution in [-0.2, 0) is 20.0 Å². The number of nitrogens with one attached hydrogen (secondary N) is 1. The zero-order valence-corrected chi connectivity index (χ0v) is 15.0. The number of aryl methyl sites for hydroxylation is 2. The molecule has 0 heterocycles. The Labute approximate surface area is 141 Å². The van der Waals surface area contributed by atoms with E-state index in [0.717, 1.165) is 17.2 Å². The summed E-state index contributed by atoms with van der Waals surface area (Å²) < 4.78 is 55.4. The first-order valence-corrected chi connectivity index (χ1v) is 9.88. The summed E-state index contributed by atoms with van der Waals surface area (Å²) in [6.45, 7) is 3.68. The summed E-state index contributed by atoms with van der Waals surface area (Å²) in [5.74, 6) is 0.0339. The number of methoxy groups -OCH3 is 1. The zero-order chi connectivity index (χ0) is 18.1. The lowest BCUT2D eigenvalue weighted by atomic mass is 10.1. The Morgan fingerprint density at radius 1 is 0.958 bits per heavy atom. The number of nitrogens with two attached hydrogens (primary N) is 1. The predicted octanol–water partition coefficient (Wildman–Crippen LogP) is 1.76. The molecule has 9 heteroatoms. The number of hydrogen-bond donors (Lipinski definition) is 2. The number of ether oxygens (including phenoxy) is 1. The van der Waals surface area contributed by atoms with E-state index in [1.807, 2.05) is 6.92 Å². The number of sulfonamides is 2. The number of anilines is 1. The van der Waals surface area contributed by atoms with Crippen LogP contribution in [0.15, 0.2) is 46.2 Å².